The van der Waals surface area contributed by atoms with Crippen LogP contribution in [0.4, 0.5) is 0 Å². The number of Topliss-reactive ketones (excluding diaryl/α,β-unsaturated/α-hetero) is 1. The van der Waals surface area contributed by atoms with E-state index in [2.05, 4.69) is 17.9 Å². The summed E-state index contributed by atoms with van der Waals surface area (Å²) in [5.41, 5.74) is 1.83. The van der Waals surface area contributed by atoms with E-state index in [0.717, 1.165) is 36.5 Å². The fourth-order valence-corrected chi connectivity index (χ4v) is 3.71. The molecule has 24 heavy (non-hydrogen) atoms. The van der Waals surface area contributed by atoms with E-state index in [0.29, 0.717) is 5.56 Å². The van der Waals surface area contributed by atoms with Crippen LogP contribution >= 0.6 is 11.6 Å². The van der Waals surface area contributed by atoms with Gasteiger partial charge in [0.15, 0.2) is 5.78 Å². The second kappa shape index (κ2) is 7.37. The molecule has 1 aliphatic rings. The second-order valence-electron chi connectivity index (χ2n) is 6.42. The summed E-state index contributed by atoms with van der Waals surface area (Å²) in [6, 6.07) is 14.8. The van der Waals surface area contributed by atoms with E-state index in [-0.39, 0.29) is 23.5 Å². The van der Waals surface area contributed by atoms with Gasteiger partial charge in [0.05, 0.1) is 0 Å². The average molecular weight is 344 g/mol. The van der Waals surface area contributed by atoms with E-state index in [9.17, 15) is 9.90 Å². The van der Waals surface area contributed by atoms with E-state index < -0.39 is 0 Å². The molecule has 1 saturated heterocycles. The van der Waals surface area contributed by atoms with E-state index in [1.165, 1.54) is 0 Å². The Bertz CT molecular complexity index is 706. The normalized spacial score (nSPS) is 17.6. The Hall–Kier alpha value is -1.84. The number of halogens is 1. The van der Waals surface area contributed by atoms with Gasteiger partial charge in [0.1, 0.15) is 5.75 Å². The zero-order valence-corrected chi connectivity index (χ0v) is 14.5. The number of ketones is 1. The number of likely N-dealkylation sites (tertiary alicyclic amines) is 1. The maximum absolute atomic E-state index is 12.6. The number of hydrogen-bond acceptors (Lipinski definition) is 3. The Morgan fingerprint density at radius 3 is 2.38 bits per heavy atom. The molecule has 3 rings (SSSR count). The molecule has 0 amide bonds. The number of phenolic OH excluding ortho intramolecular Hbond substituents is 1. The lowest BCUT2D eigenvalue weighted by Gasteiger charge is -2.36. The third-order valence-electron chi connectivity index (χ3n) is 4.96. The van der Waals surface area contributed by atoms with Crippen LogP contribution in [-0.2, 0) is 0 Å². The zero-order valence-electron chi connectivity index (χ0n) is 13.8. The summed E-state index contributed by atoms with van der Waals surface area (Å²) < 4.78 is 0. The van der Waals surface area contributed by atoms with Crippen molar-refractivity contribution < 1.29 is 9.90 Å². The minimum absolute atomic E-state index is 0.0595. The first kappa shape index (κ1) is 17.0. The van der Waals surface area contributed by atoms with Crippen molar-refractivity contribution in [3.63, 3.8) is 0 Å². The van der Waals surface area contributed by atoms with Crippen LogP contribution in [0.1, 0.15) is 41.7 Å². The summed E-state index contributed by atoms with van der Waals surface area (Å²) in [7, 11) is 0. The van der Waals surface area contributed by atoms with Gasteiger partial charge in [0.25, 0.3) is 0 Å². The molecule has 1 heterocycles. The predicted octanol–water partition coefficient (Wildman–Crippen LogP) is 4.70. The standard InChI is InChI=1S/C20H22ClNO2/c1-14(18-4-2-3-5-19(18)21)22-12-10-16(11-13-22)20(24)15-6-8-17(23)9-7-15/h2-9,14,16,23H,10-13H2,1H3. The third kappa shape index (κ3) is 3.63. The molecule has 1 N–H and O–H groups in total. The van der Waals surface area contributed by atoms with E-state index in [1.54, 1.807) is 24.3 Å². The highest BCUT2D eigenvalue weighted by Crippen LogP contribution is 2.31. The van der Waals surface area contributed by atoms with Crippen LogP contribution in [0.25, 0.3) is 0 Å². The summed E-state index contributed by atoms with van der Waals surface area (Å²) in [4.78, 5) is 15.0. The Morgan fingerprint density at radius 2 is 1.75 bits per heavy atom. The molecule has 4 heteroatoms. The van der Waals surface area contributed by atoms with Crippen molar-refractivity contribution in [2.45, 2.75) is 25.8 Å². The number of rotatable bonds is 4. The van der Waals surface area contributed by atoms with Crippen LogP contribution in [0.2, 0.25) is 5.02 Å². The highest BCUT2D eigenvalue weighted by Gasteiger charge is 2.28. The van der Waals surface area contributed by atoms with E-state index in [1.807, 2.05) is 18.2 Å². The van der Waals surface area contributed by atoms with Crippen LogP contribution in [0.5, 0.6) is 5.75 Å². The van der Waals surface area contributed by atoms with Crippen LogP contribution in [0.3, 0.4) is 0 Å². The number of hydrogen-bond donors (Lipinski definition) is 1. The van der Waals surface area contributed by atoms with Crippen molar-refractivity contribution in [3.8, 4) is 5.75 Å². The lowest BCUT2D eigenvalue weighted by Crippen LogP contribution is -2.38. The third-order valence-corrected chi connectivity index (χ3v) is 5.30. The van der Waals surface area contributed by atoms with Gasteiger partial charge in [0.2, 0.25) is 0 Å². The van der Waals surface area contributed by atoms with Gasteiger partial charge in [-0.15, -0.1) is 0 Å². The molecular weight excluding hydrogens is 322 g/mol. The van der Waals surface area contributed by atoms with Crippen LogP contribution in [0, 0.1) is 5.92 Å². The van der Waals surface area contributed by atoms with Crippen molar-refractivity contribution in [1.29, 1.82) is 0 Å². The first-order valence-electron chi connectivity index (χ1n) is 8.38. The van der Waals surface area contributed by atoms with Gasteiger partial charge in [-0.05, 0) is 68.8 Å². The number of aromatic hydroxyl groups is 1. The minimum Gasteiger partial charge on any atom is -0.508 e. The van der Waals surface area contributed by atoms with Gasteiger partial charge in [-0.2, -0.15) is 0 Å². The number of carbonyl (C=O) groups is 1. The molecule has 1 atom stereocenters. The summed E-state index contributed by atoms with van der Waals surface area (Å²) >= 11 is 6.31. The summed E-state index contributed by atoms with van der Waals surface area (Å²) in [5, 5.41) is 10.1. The van der Waals surface area contributed by atoms with Gasteiger partial charge < -0.3 is 5.11 Å². The molecule has 1 unspecified atom stereocenters. The molecule has 2 aromatic rings. The largest absolute Gasteiger partial charge is 0.508 e. The summed E-state index contributed by atoms with van der Waals surface area (Å²) in [6.45, 7) is 3.95. The molecule has 126 valence electrons. The second-order valence-corrected chi connectivity index (χ2v) is 6.83. The molecule has 0 bridgehead atoms. The molecule has 0 aliphatic carbocycles. The quantitative estimate of drug-likeness (QED) is 0.818. The van der Waals surface area contributed by atoms with Gasteiger partial charge in [-0.1, -0.05) is 29.8 Å². The van der Waals surface area contributed by atoms with Crippen molar-refractivity contribution in [2.75, 3.05) is 13.1 Å². The average Bonchev–Trinajstić information content (AvgIpc) is 2.62. The Morgan fingerprint density at radius 1 is 1.12 bits per heavy atom. The molecule has 0 aromatic heterocycles. The van der Waals surface area contributed by atoms with Crippen molar-refractivity contribution >= 4 is 17.4 Å². The lowest BCUT2D eigenvalue weighted by atomic mass is 9.88. The summed E-state index contributed by atoms with van der Waals surface area (Å²) in [6.07, 6.45) is 1.71. The van der Waals surface area contributed by atoms with E-state index >= 15 is 0 Å². The Balaban J connectivity index is 1.62. The fraction of sp³-hybridized carbons (Fsp3) is 0.350. The predicted molar refractivity (Wildman–Crippen MR) is 96.6 cm³/mol. The SMILES string of the molecule is CC(c1ccccc1Cl)N1CCC(C(=O)c2ccc(O)cc2)CC1. The maximum atomic E-state index is 12.6. The zero-order chi connectivity index (χ0) is 17.1. The van der Waals surface area contributed by atoms with E-state index in [4.69, 9.17) is 11.6 Å². The molecule has 0 saturated carbocycles. The van der Waals surface area contributed by atoms with Crippen LogP contribution in [0.15, 0.2) is 48.5 Å². The molecule has 2 aromatic carbocycles. The lowest BCUT2D eigenvalue weighted by molar-refractivity contribution is 0.0802. The highest BCUT2D eigenvalue weighted by molar-refractivity contribution is 6.31. The first-order chi connectivity index (χ1) is 11.6. The van der Waals surface area contributed by atoms with Crippen LogP contribution in [-0.4, -0.2) is 28.9 Å². The van der Waals surface area contributed by atoms with Crippen molar-refractivity contribution in [3.05, 3.63) is 64.7 Å². The van der Waals surface area contributed by atoms with Gasteiger partial charge in [-0.25, -0.2) is 0 Å². The number of benzene rings is 2. The van der Waals surface area contributed by atoms with Crippen molar-refractivity contribution in [2.24, 2.45) is 5.92 Å². The molecular formula is C20H22ClNO2. The smallest absolute Gasteiger partial charge is 0.166 e. The molecule has 0 radical (unpaired) electrons. The van der Waals surface area contributed by atoms with Gasteiger partial charge >= 0.3 is 0 Å². The minimum atomic E-state index is 0.0595. The first-order valence-corrected chi connectivity index (χ1v) is 8.76. The molecule has 3 nitrogen and oxygen atoms in total. The molecule has 0 spiro atoms. The maximum Gasteiger partial charge on any atom is 0.166 e. The van der Waals surface area contributed by atoms with Crippen LogP contribution < -0.4 is 0 Å². The Kier molecular flexibility index (Phi) is 5.22. The topological polar surface area (TPSA) is 40.5 Å². The molecule has 1 aliphatic heterocycles. The van der Waals surface area contributed by atoms with Gasteiger partial charge in [-0.3, -0.25) is 9.69 Å². The van der Waals surface area contributed by atoms with Gasteiger partial charge in [0, 0.05) is 22.5 Å². The number of nitrogens with zero attached hydrogens (tertiary/aromatic N) is 1. The fourth-order valence-electron chi connectivity index (χ4n) is 3.42. The molecule has 1 fully saturated rings. The number of phenols is 1. The monoisotopic (exact) mass is 343 g/mol. The van der Waals surface area contributed by atoms with Crippen molar-refractivity contribution in [1.82, 2.24) is 4.90 Å². The Labute approximate surface area is 147 Å². The summed E-state index contributed by atoms with van der Waals surface area (Å²) in [5.74, 6) is 0.430. The number of carbonyl (C=O) groups excluding carboxylic acids is 1. The number of piperidine rings is 1. The highest BCUT2D eigenvalue weighted by atomic mass is 35.5.